The van der Waals surface area contributed by atoms with Crippen LogP contribution >= 0.6 is 0 Å². The Kier molecular flexibility index (Phi) is 8.71. The van der Waals surface area contributed by atoms with Crippen LogP contribution in [0.4, 0.5) is 9.59 Å². The van der Waals surface area contributed by atoms with Gasteiger partial charge in [-0.25, -0.2) is 9.59 Å². The van der Waals surface area contributed by atoms with Crippen molar-refractivity contribution in [3.63, 3.8) is 0 Å². The third-order valence-corrected chi connectivity index (χ3v) is 6.51. The first-order chi connectivity index (χ1) is 13.0. The van der Waals surface area contributed by atoms with E-state index in [-0.39, 0.29) is 12.2 Å². The molecule has 0 unspecified atom stereocenters. The maximum Gasteiger partial charge on any atom is 0.409 e. The van der Waals surface area contributed by atoms with Gasteiger partial charge in [-0.15, -0.1) is 0 Å². The van der Waals surface area contributed by atoms with Crippen molar-refractivity contribution in [2.45, 2.75) is 83.7 Å². The van der Waals surface area contributed by atoms with Gasteiger partial charge in [0.15, 0.2) is 0 Å². The summed E-state index contributed by atoms with van der Waals surface area (Å²) in [6, 6.07) is 0.656. The zero-order chi connectivity index (χ0) is 19.8. The van der Waals surface area contributed by atoms with E-state index in [9.17, 15) is 9.59 Å². The topological polar surface area (TPSA) is 59.1 Å². The van der Waals surface area contributed by atoms with Crippen molar-refractivity contribution in [1.29, 1.82) is 0 Å². The summed E-state index contributed by atoms with van der Waals surface area (Å²) in [4.78, 5) is 27.3. The van der Waals surface area contributed by atoms with Crippen molar-refractivity contribution in [1.82, 2.24) is 9.80 Å². The van der Waals surface area contributed by atoms with E-state index in [0.29, 0.717) is 25.3 Å². The summed E-state index contributed by atoms with van der Waals surface area (Å²) in [5.41, 5.74) is 0. The first-order valence-electron chi connectivity index (χ1n) is 10.7. The highest BCUT2D eigenvalue weighted by Gasteiger charge is 2.31. The molecule has 2 amide bonds. The number of carbonyl (C=O) groups is 2. The smallest absolute Gasteiger partial charge is 0.409 e. The number of carbonyl (C=O) groups excluding carboxylic acids is 2. The molecule has 0 aliphatic heterocycles. The van der Waals surface area contributed by atoms with Crippen molar-refractivity contribution in [2.24, 2.45) is 11.8 Å². The standard InChI is InChI=1S/C21H38N2O4/c1-5-26-20(24)22(3)18-11-7-16(8-12-18)15-17-9-13-19(14-10-17)23(4)21(25)27-6-2/h16-19H,5-15H2,1-4H3. The molecule has 0 atom stereocenters. The van der Waals surface area contributed by atoms with Crippen molar-refractivity contribution in [2.75, 3.05) is 27.3 Å². The molecule has 2 aliphatic rings. The molecule has 2 aliphatic carbocycles. The average molecular weight is 383 g/mol. The zero-order valence-electron chi connectivity index (χ0n) is 17.6. The molecule has 0 spiro atoms. The molecule has 0 aromatic rings. The third-order valence-electron chi connectivity index (χ3n) is 6.51. The van der Waals surface area contributed by atoms with Gasteiger partial charge in [-0.3, -0.25) is 0 Å². The largest absolute Gasteiger partial charge is 0.450 e. The van der Waals surface area contributed by atoms with Crippen LogP contribution < -0.4 is 0 Å². The molecule has 2 rings (SSSR count). The zero-order valence-corrected chi connectivity index (χ0v) is 17.6. The molecule has 0 radical (unpaired) electrons. The van der Waals surface area contributed by atoms with Crippen LogP contribution in [0.5, 0.6) is 0 Å². The highest BCUT2D eigenvalue weighted by Crippen LogP contribution is 2.37. The second kappa shape index (κ2) is 10.8. The van der Waals surface area contributed by atoms with E-state index < -0.39 is 0 Å². The lowest BCUT2D eigenvalue weighted by molar-refractivity contribution is 0.0798. The number of hydrogen-bond acceptors (Lipinski definition) is 4. The van der Waals surface area contributed by atoms with E-state index in [1.54, 1.807) is 9.80 Å². The van der Waals surface area contributed by atoms with Gasteiger partial charge >= 0.3 is 12.2 Å². The van der Waals surface area contributed by atoms with Crippen LogP contribution in [0, 0.1) is 11.8 Å². The maximum absolute atomic E-state index is 11.9. The summed E-state index contributed by atoms with van der Waals surface area (Å²) in [7, 11) is 3.73. The van der Waals surface area contributed by atoms with Crippen LogP contribution in [0.3, 0.4) is 0 Å². The van der Waals surface area contributed by atoms with E-state index in [1.165, 1.54) is 32.1 Å². The monoisotopic (exact) mass is 382 g/mol. The molecule has 0 aromatic carbocycles. The molecule has 2 saturated carbocycles. The number of ether oxygens (including phenoxy) is 2. The van der Waals surface area contributed by atoms with Gasteiger partial charge in [0.1, 0.15) is 0 Å². The summed E-state index contributed by atoms with van der Waals surface area (Å²) in [5.74, 6) is 1.56. The van der Waals surface area contributed by atoms with Crippen LogP contribution in [0.15, 0.2) is 0 Å². The molecular formula is C21H38N2O4. The summed E-state index contributed by atoms with van der Waals surface area (Å²) < 4.78 is 10.2. The minimum Gasteiger partial charge on any atom is -0.450 e. The first kappa shape index (κ1) is 21.8. The van der Waals surface area contributed by atoms with E-state index >= 15 is 0 Å². The summed E-state index contributed by atoms with van der Waals surface area (Å²) in [6.45, 7) is 4.57. The van der Waals surface area contributed by atoms with Crippen LogP contribution in [-0.4, -0.2) is 61.4 Å². The van der Waals surface area contributed by atoms with Crippen LogP contribution in [-0.2, 0) is 9.47 Å². The third kappa shape index (κ3) is 6.28. The molecule has 0 aromatic heterocycles. The van der Waals surface area contributed by atoms with Crippen LogP contribution in [0.2, 0.25) is 0 Å². The van der Waals surface area contributed by atoms with E-state index in [2.05, 4.69) is 0 Å². The van der Waals surface area contributed by atoms with E-state index in [1.807, 2.05) is 27.9 Å². The number of amides is 2. The minimum atomic E-state index is -0.190. The predicted molar refractivity (Wildman–Crippen MR) is 106 cm³/mol. The van der Waals surface area contributed by atoms with Gasteiger partial charge < -0.3 is 19.3 Å². The first-order valence-corrected chi connectivity index (χ1v) is 10.7. The molecule has 0 heterocycles. The quantitative estimate of drug-likeness (QED) is 0.670. The van der Waals surface area contributed by atoms with E-state index in [0.717, 1.165) is 37.5 Å². The normalized spacial score (nSPS) is 28.3. The van der Waals surface area contributed by atoms with Crippen molar-refractivity contribution < 1.29 is 19.1 Å². The fourth-order valence-electron chi connectivity index (χ4n) is 4.76. The molecule has 2 fully saturated rings. The van der Waals surface area contributed by atoms with Crippen molar-refractivity contribution in [3.8, 4) is 0 Å². The SMILES string of the molecule is CCOC(=O)N(C)C1CCC(CC2CCC(N(C)C(=O)OCC)CC2)CC1. The maximum atomic E-state index is 11.9. The Morgan fingerprint density at radius 3 is 1.33 bits per heavy atom. The van der Waals surface area contributed by atoms with Gasteiger partial charge in [-0.1, -0.05) is 0 Å². The molecule has 6 heteroatoms. The Bertz CT molecular complexity index is 427. The Morgan fingerprint density at radius 2 is 1.04 bits per heavy atom. The second-order valence-electron chi connectivity index (χ2n) is 8.20. The van der Waals surface area contributed by atoms with Crippen molar-refractivity contribution >= 4 is 12.2 Å². The molecule has 27 heavy (non-hydrogen) atoms. The number of rotatable bonds is 6. The lowest BCUT2D eigenvalue weighted by Gasteiger charge is -2.38. The fourth-order valence-corrected chi connectivity index (χ4v) is 4.76. The Morgan fingerprint density at radius 1 is 0.704 bits per heavy atom. The van der Waals surface area contributed by atoms with Crippen molar-refractivity contribution in [3.05, 3.63) is 0 Å². The number of nitrogens with zero attached hydrogens (tertiary/aromatic N) is 2. The number of hydrogen-bond donors (Lipinski definition) is 0. The summed E-state index contributed by atoms with van der Waals surface area (Å²) >= 11 is 0. The summed E-state index contributed by atoms with van der Waals surface area (Å²) in [6.07, 6.45) is 10.1. The lowest BCUT2D eigenvalue weighted by Crippen LogP contribution is -2.41. The van der Waals surface area contributed by atoms with Crippen LogP contribution in [0.25, 0.3) is 0 Å². The van der Waals surface area contributed by atoms with Gasteiger partial charge in [0.25, 0.3) is 0 Å². The summed E-state index contributed by atoms with van der Waals surface area (Å²) in [5, 5.41) is 0. The molecular weight excluding hydrogens is 344 g/mol. The highest BCUT2D eigenvalue weighted by molar-refractivity contribution is 5.68. The molecule has 156 valence electrons. The average Bonchev–Trinajstić information content (AvgIpc) is 2.68. The minimum absolute atomic E-state index is 0.190. The van der Waals surface area contributed by atoms with E-state index in [4.69, 9.17) is 9.47 Å². The van der Waals surface area contributed by atoms with Gasteiger partial charge in [-0.2, -0.15) is 0 Å². The fraction of sp³-hybridized carbons (Fsp3) is 0.905. The predicted octanol–water partition coefficient (Wildman–Crippen LogP) is 4.67. The Balaban J connectivity index is 1.68. The molecule has 6 nitrogen and oxygen atoms in total. The molecule has 0 N–H and O–H groups in total. The van der Waals surface area contributed by atoms with Gasteiger partial charge in [-0.05, 0) is 83.5 Å². The molecule has 0 bridgehead atoms. The molecule has 0 saturated heterocycles. The highest BCUT2D eigenvalue weighted by atomic mass is 16.6. The second-order valence-corrected chi connectivity index (χ2v) is 8.20. The van der Waals surface area contributed by atoms with Crippen LogP contribution in [0.1, 0.15) is 71.6 Å². The Hall–Kier alpha value is -1.46. The van der Waals surface area contributed by atoms with Gasteiger partial charge in [0.2, 0.25) is 0 Å². The lowest BCUT2D eigenvalue weighted by atomic mass is 9.75. The Labute approximate surface area is 164 Å². The van der Waals surface area contributed by atoms with Gasteiger partial charge in [0.05, 0.1) is 13.2 Å². The van der Waals surface area contributed by atoms with Gasteiger partial charge in [0, 0.05) is 26.2 Å².